The molecule has 0 bridgehead atoms. The third kappa shape index (κ3) is 3.40. The zero-order chi connectivity index (χ0) is 17.8. The fourth-order valence-corrected chi connectivity index (χ4v) is 2.62. The van der Waals surface area contributed by atoms with E-state index in [-0.39, 0.29) is 18.7 Å². The summed E-state index contributed by atoms with van der Waals surface area (Å²) in [5.41, 5.74) is 3.19. The van der Waals surface area contributed by atoms with Crippen LogP contribution in [0.2, 0.25) is 0 Å². The van der Waals surface area contributed by atoms with E-state index >= 15 is 0 Å². The Morgan fingerprint density at radius 1 is 1.36 bits per heavy atom. The van der Waals surface area contributed by atoms with Crippen molar-refractivity contribution in [2.45, 2.75) is 12.8 Å². The van der Waals surface area contributed by atoms with E-state index in [0.29, 0.717) is 33.8 Å². The lowest BCUT2D eigenvalue weighted by molar-refractivity contribution is -0.305. The Bertz CT molecular complexity index is 928. The van der Waals surface area contributed by atoms with Gasteiger partial charge in [-0.1, -0.05) is 17.9 Å². The van der Waals surface area contributed by atoms with E-state index in [2.05, 4.69) is 22.1 Å². The number of hydrogen-bond donors (Lipinski definition) is 2. The maximum atomic E-state index is 12.4. The molecule has 1 amide bonds. The molecule has 0 saturated heterocycles. The monoisotopic (exact) mass is 335 g/mol. The summed E-state index contributed by atoms with van der Waals surface area (Å²) in [5.74, 6) is 5.02. The summed E-state index contributed by atoms with van der Waals surface area (Å²) in [6, 6.07) is 7.16. The third-order valence-corrected chi connectivity index (χ3v) is 3.75. The molecule has 0 unspecified atom stereocenters. The number of aromatic nitrogens is 1. The number of anilines is 1. The van der Waals surface area contributed by atoms with Crippen LogP contribution >= 0.6 is 0 Å². The average molecular weight is 335 g/mol. The highest BCUT2D eigenvalue weighted by Crippen LogP contribution is 2.36. The van der Waals surface area contributed by atoms with Crippen LogP contribution in [0.3, 0.4) is 0 Å². The summed E-state index contributed by atoms with van der Waals surface area (Å²) < 4.78 is 5.25. The first-order chi connectivity index (χ1) is 12.1. The molecule has 2 aromatic rings. The lowest BCUT2D eigenvalue weighted by atomic mass is 9.99. The van der Waals surface area contributed by atoms with Gasteiger partial charge in [-0.15, -0.1) is 0 Å². The molecule has 25 heavy (non-hydrogen) atoms. The van der Waals surface area contributed by atoms with Crippen LogP contribution in [-0.4, -0.2) is 24.0 Å². The molecule has 1 aromatic heterocycles. The van der Waals surface area contributed by atoms with Crippen molar-refractivity contribution in [3.05, 3.63) is 47.3 Å². The number of hydrogen-bond acceptors (Lipinski definition) is 4. The number of carbonyl (C=O) groups is 2. The summed E-state index contributed by atoms with van der Waals surface area (Å²) in [6.45, 7) is 0. The van der Waals surface area contributed by atoms with Gasteiger partial charge >= 0.3 is 0 Å². The molecule has 0 fully saturated rings. The largest absolute Gasteiger partial charge is 0.550 e. The van der Waals surface area contributed by atoms with Gasteiger partial charge in [-0.25, -0.2) is 0 Å². The second-order valence-electron chi connectivity index (χ2n) is 5.37. The number of H-pyrrole nitrogens is 1. The number of fused-ring (bicyclic) bond motifs is 1. The van der Waals surface area contributed by atoms with Crippen molar-refractivity contribution in [3.63, 3.8) is 0 Å². The van der Waals surface area contributed by atoms with Crippen molar-refractivity contribution < 1.29 is 19.4 Å². The van der Waals surface area contributed by atoms with Crippen molar-refractivity contribution in [2.75, 3.05) is 12.4 Å². The van der Waals surface area contributed by atoms with E-state index in [1.807, 2.05) is 0 Å². The van der Waals surface area contributed by atoms with E-state index in [0.717, 1.165) is 0 Å². The highest BCUT2D eigenvalue weighted by molar-refractivity contribution is 6.35. The number of rotatable bonds is 4. The van der Waals surface area contributed by atoms with E-state index in [1.54, 1.807) is 43.6 Å². The molecule has 6 heteroatoms. The number of aromatic amines is 1. The Hall–Kier alpha value is -3.46. The van der Waals surface area contributed by atoms with Gasteiger partial charge in [0.05, 0.1) is 24.1 Å². The number of methoxy groups -OCH3 is 1. The van der Waals surface area contributed by atoms with E-state index in [1.165, 1.54) is 0 Å². The van der Waals surface area contributed by atoms with Crippen LogP contribution in [0, 0.1) is 11.8 Å². The van der Waals surface area contributed by atoms with Gasteiger partial charge in [0.25, 0.3) is 5.91 Å². The first kappa shape index (κ1) is 16.4. The van der Waals surface area contributed by atoms with Crippen molar-refractivity contribution >= 4 is 29.2 Å². The number of carboxylic acid groups (broad SMARTS) is 1. The predicted octanol–water partition coefficient (Wildman–Crippen LogP) is 1.40. The predicted molar refractivity (Wildman–Crippen MR) is 91.4 cm³/mol. The Morgan fingerprint density at radius 3 is 2.96 bits per heavy atom. The third-order valence-electron chi connectivity index (χ3n) is 3.75. The Labute approximate surface area is 144 Å². The molecule has 0 aliphatic carbocycles. The second-order valence-corrected chi connectivity index (χ2v) is 5.37. The average Bonchev–Trinajstić information content (AvgIpc) is 3.16. The van der Waals surface area contributed by atoms with Crippen LogP contribution in [0.4, 0.5) is 5.69 Å². The quantitative estimate of drug-likeness (QED) is 0.652. The summed E-state index contributed by atoms with van der Waals surface area (Å²) in [5, 5.41) is 13.3. The van der Waals surface area contributed by atoms with Crippen molar-refractivity contribution in [1.82, 2.24) is 4.98 Å². The molecule has 3 rings (SSSR count). The molecule has 2 N–H and O–H groups in total. The molecule has 126 valence electrons. The summed E-state index contributed by atoms with van der Waals surface area (Å²) in [6.07, 6.45) is 3.51. The first-order valence-electron chi connectivity index (χ1n) is 7.66. The van der Waals surface area contributed by atoms with Crippen LogP contribution in [0.1, 0.15) is 29.7 Å². The normalized spacial score (nSPS) is 13.8. The van der Waals surface area contributed by atoms with Crippen LogP contribution < -0.4 is 15.2 Å². The minimum absolute atomic E-state index is 0.123. The molecule has 0 saturated carbocycles. The Kier molecular flexibility index (Phi) is 4.57. The van der Waals surface area contributed by atoms with E-state index in [9.17, 15) is 14.7 Å². The second kappa shape index (κ2) is 6.97. The number of benzene rings is 1. The SMILES string of the molecule is COc1cc[nH]c1/C=C1\C(=O)Nc2cccc(C#CCCC(=O)[O-])c21. The van der Waals surface area contributed by atoms with Gasteiger partial charge in [0.15, 0.2) is 0 Å². The molecule has 1 aliphatic rings. The topological polar surface area (TPSA) is 94.2 Å². The number of amides is 1. The Morgan fingerprint density at radius 2 is 2.20 bits per heavy atom. The molecule has 6 nitrogen and oxygen atoms in total. The molecule has 1 aromatic carbocycles. The van der Waals surface area contributed by atoms with Gasteiger partial charge < -0.3 is 24.9 Å². The van der Waals surface area contributed by atoms with Crippen molar-refractivity contribution in [1.29, 1.82) is 0 Å². The molecule has 2 heterocycles. The fourth-order valence-electron chi connectivity index (χ4n) is 2.62. The minimum Gasteiger partial charge on any atom is -0.550 e. The lowest BCUT2D eigenvalue weighted by Crippen LogP contribution is -2.21. The van der Waals surface area contributed by atoms with Gasteiger partial charge in [0.2, 0.25) is 0 Å². The molecular formula is C19H15N2O4-. The zero-order valence-corrected chi connectivity index (χ0v) is 13.5. The molecule has 0 spiro atoms. The van der Waals surface area contributed by atoms with Crippen molar-refractivity contribution in [3.8, 4) is 17.6 Å². The smallest absolute Gasteiger partial charge is 0.256 e. The summed E-state index contributed by atoms with van der Waals surface area (Å²) in [7, 11) is 1.56. The lowest BCUT2D eigenvalue weighted by Gasteiger charge is -2.03. The maximum Gasteiger partial charge on any atom is 0.256 e. The fraction of sp³-hybridized carbons (Fsp3) is 0.158. The molecule has 0 radical (unpaired) electrons. The maximum absolute atomic E-state index is 12.4. The first-order valence-corrected chi connectivity index (χ1v) is 7.66. The highest BCUT2D eigenvalue weighted by atomic mass is 16.5. The van der Waals surface area contributed by atoms with Gasteiger partial charge in [0, 0.05) is 29.7 Å². The van der Waals surface area contributed by atoms with Crippen LogP contribution in [0.5, 0.6) is 5.75 Å². The standard InChI is InChI=1S/C19H16N2O4/c1-25-16-9-10-20-15(16)11-13-18-12(5-2-3-8-17(22)23)6-4-7-14(18)21-19(13)24/h4,6-7,9-11,20H,3,8H2,1H3,(H,21,24)(H,22,23)/p-1/b13-11-. The highest BCUT2D eigenvalue weighted by Gasteiger charge is 2.26. The summed E-state index contributed by atoms with van der Waals surface area (Å²) in [4.78, 5) is 25.9. The van der Waals surface area contributed by atoms with Gasteiger partial charge in [-0.05, 0) is 30.7 Å². The molecule has 0 atom stereocenters. The molecule has 1 aliphatic heterocycles. The number of aliphatic carboxylic acids is 1. The number of nitrogens with one attached hydrogen (secondary N) is 2. The van der Waals surface area contributed by atoms with E-state index < -0.39 is 5.97 Å². The minimum atomic E-state index is -1.14. The van der Waals surface area contributed by atoms with Gasteiger partial charge in [0.1, 0.15) is 5.75 Å². The van der Waals surface area contributed by atoms with Gasteiger partial charge in [-0.3, -0.25) is 4.79 Å². The zero-order valence-electron chi connectivity index (χ0n) is 13.5. The van der Waals surface area contributed by atoms with Gasteiger partial charge in [-0.2, -0.15) is 0 Å². The van der Waals surface area contributed by atoms with E-state index in [4.69, 9.17) is 4.74 Å². The van der Waals surface area contributed by atoms with Crippen LogP contribution in [0.25, 0.3) is 11.6 Å². The number of ether oxygens (including phenoxy) is 1. The number of carboxylic acids is 1. The Balaban J connectivity index is 2.00. The van der Waals surface area contributed by atoms with Crippen LogP contribution in [-0.2, 0) is 9.59 Å². The van der Waals surface area contributed by atoms with Crippen LogP contribution in [0.15, 0.2) is 30.5 Å². The summed E-state index contributed by atoms with van der Waals surface area (Å²) >= 11 is 0. The van der Waals surface area contributed by atoms with Crippen molar-refractivity contribution in [2.24, 2.45) is 0 Å². The number of carbonyl (C=O) groups excluding carboxylic acids is 2. The molecular weight excluding hydrogens is 320 g/mol.